The second-order valence-electron chi connectivity index (χ2n) is 2.59. The molecule has 0 aromatic rings. The van der Waals surface area contributed by atoms with Crippen molar-refractivity contribution in [1.29, 1.82) is 0 Å². The van der Waals surface area contributed by atoms with E-state index in [1.165, 1.54) is 11.5 Å². The second kappa shape index (κ2) is 4.99. The Morgan fingerprint density at radius 2 is 2.50 bits per heavy atom. The van der Waals surface area contributed by atoms with Crippen LogP contribution in [0.15, 0.2) is 0 Å². The van der Waals surface area contributed by atoms with Gasteiger partial charge < -0.3 is 10.4 Å². The van der Waals surface area contributed by atoms with Crippen molar-refractivity contribution in [3.8, 4) is 0 Å². The molecule has 10 heavy (non-hydrogen) atoms. The molecule has 1 rings (SSSR count). The largest absolute Gasteiger partial charge is 0.396 e. The van der Waals surface area contributed by atoms with Crippen molar-refractivity contribution in [2.45, 2.75) is 18.9 Å². The van der Waals surface area contributed by atoms with Gasteiger partial charge in [0.25, 0.3) is 0 Å². The van der Waals surface area contributed by atoms with Crippen molar-refractivity contribution in [3.63, 3.8) is 0 Å². The van der Waals surface area contributed by atoms with E-state index in [0.717, 1.165) is 19.4 Å². The summed E-state index contributed by atoms with van der Waals surface area (Å²) in [5.74, 6) is 2.47. The third kappa shape index (κ3) is 2.90. The first-order chi connectivity index (χ1) is 4.93. The van der Waals surface area contributed by atoms with Crippen LogP contribution in [0.1, 0.15) is 12.8 Å². The van der Waals surface area contributed by atoms with Gasteiger partial charge in [0.2, 0.25) is 0 Å². The van der Waals surface area contributed by atoms with Crippen LogP contribution in [-0.4, -0.2) is 35.8 Å². The van der Waals surface area contributed by atoms with E-state index in [-0.39, 0.29) is 0 Å². The Labute approximate surface area is 66.4 Å². The molecule has 0 aliphatic carbocycles. The van der Waals surface area contributed by atoms with Gasteiger partial charge in [-0.3, -0.25) is 0 Å². The number of hydrogen-bond acceptors (Lipinski definition) is 3. The Bertz CT molecular complexity index is 83.7. The molecule has 2 N–H and O–H groups in total. The van der Waals surface area contributed by atoms with E-state index in [1.54, 1.807) is 0 Å². The molecule has 1 unspecified atom stereocenters. The molecular weight excluding hydrogens is 146 g/mol. The van der Waals surface area contributed by atoms with Gasteiger partial charge in [0, 0.05) is 30.7 Å². The molecule has 2 nitrogen and oxygen atoms in total. The minimum absolute atomic E-state index is 0.336. The molecule has 1 heterocycles. The molecule has 0 aromatic carbocycles. The highest BCUT2D eigenvalue weighted by molar-refractivity contribution is 7.99. The van der Waals surface area contributed by atoms with Crippen molar-refractivity contribution in [3.05, 3.63) is 0 Å². The maximum absolute atomic E-state index is 8.56. The molecule has 0 spiro atoms. The summed E-state index contributed by atoms with van der Waals surface area (Å²) in [6.45, 7) is 1.48. The molecule has 0 aromatic heterocycles. The van der Waals surface area contributed by atoms with Crippen molar-refractivity contribution in [1.82, 2.24) is 5.32 Å². The summed E-state index contributed by atoms with van der Waals surface area (Å²) in [4.78, 5) is 0. The smallest absolute Gasteiger partial charge is 0.0431 e. The number of nitrogens with one attached hydrogen (secondary N) is 1. The topological polar surface area (TPSA) is 32.3 Å². The van der Waals surface area contributed by atoms with Crippen molar-refractivity contribution in [2.24, 2.45) is 0 Å². The van der Waals surface area contributed by atoms with Crippen LogP contribution in [0, 0.1) is 0 Å². The molecule has 0 amide bonds. The van der Waals surface area contributed by atoms with Gasteiger partial charge in [-0.1, -0.05) is 0 Å². The fraction of sp³-hybridized carbons (Fsp3) is 1.00. The molecule has 60 valence electrons. The minimum atomic E-state index is 0.336. The quantitative estimate of drug-likeness (QED) is 0.631. The molecule has 1 fully saturated rings. The van der Waals surface area contributed by atoms with Crippen LogP contribution in [0.5, 0.6) is 0 Å². The lowest BCUT2D eigenvalue weighted by Crippen LogP contribution is -2.37. The van der Waals surface area contributed by atoms with E-state index >= 15 is 0 Å². The second-order valence-corrected chi connectivity index (χ2v) is 3.74. The van der Waals surface area contributed by atoms with Gasteiger partial charge in [-0.05, 0) is 12.8 Å². The van der Waals surface area contributed by atoms with E-state index in [0.29, 0.717) is 12.6 Å². The maximum atomic E-state index is 8.56. The van der Waals surface area contributed by atoms with Gasteiger partial charge in [0.05, 0.1) is 0 Å². The normalized spacial score (nSPS) is 26.7. The summed E-state index contributed by atoms with van der Waals surface area (Å²) < 4.78 is 0. The van der Waals surface area contributed by atoms with Gasteiger partial charge in [0.15, 0.2) is 0 Å². The van der Waals surface area contributed by atoms with Gasteiger partial charge in [-0.2, -0.15) is 11.8 Å². The van der Waals surface area contributed by atoms with E-state index in [9.17, 15) is 0 Å². The van der Waals surface area contributed by atoms with Crippen LogP contribution in [0.4, 0.5) is 0 Å². The summed E-state index contributed by atoms with van der Waals surface area (Å²) in [6, 6.07) is 0.658. The lowest BCUT2D eigenvalue weighted by Gasteiger charge is -2.22. The van der Waals surface area contributed by atoms with E-state index < -0.39 is 0 Å². The number of aliphatic hydroxyl groups is 1. The Balaban J connectivity index is 2.02. The van der Waals surface area contributed by atoms with Gasteiger partial charge >= 0.3 is 0 Å². The minimum Gasteiger partial charge on any atom is -0.396 e. The fourth-order valence-electron chi connectivity index (χ4n) is 1.14. The predicted molar refractivity (Wildman–Crippen MR) is 45.4 cm³/mol. The van der Waals surface area contributed by atoms with Crippen LogP contribution in [0.25, 0.3) is 0 Å². The van der Waals surface area contributed by atoms with Crippen molar-refractivity contribution < 1.29 is 5.11 Å². The zero-order valence-electron chi connectivity index (χ0n) is 6.18. The molecule has 1 aliphatic heterocycles. The van der Waals surface area contributed by atoms with E-state index in [4.69, 9.17) is 5.11 Å². The highest BCUT2D eigenvalue weighted by atomic mass is 32.2. The highest BCUT2D eigenvalue weighted by Gasteiger charge is 2.10. The number of thioether (sulfide) groups is 1. The summed E-state index contributed by atoms with van der Waals surface area (Å²) in [7, 11) is 0. The van der Waals surface area contributed by atoms with Crippen LogP contribution >= 0.6 is 11.8 Å². The Morgan fingerprint density at radius 3 is 3.10 bits per heavy atom. The third-order valence-electron chi connectivity index (χ3n) is 1.71. The summed E-state index contributed by atoms with van der Waals surface area (Å²) in [5.41, 5.74) is 0. The van der Waals surface area contributed by atoms with Gasteiger partial charge in [-0.25, -0.2) is 0 Å². The first-order valence-electron chi connectivity index (χ1n) is 3.85. The fourth-order valence-corrected chi connectivity index (χ4v) is 2.14. The molecule has 3 heteroatoms. The summed E-state index contributed by atoms with van der Waals surface area (Å²) in [6.07, 6.45) is 2.07. The zero-order valence-corrected chi connectivity index (χ0v) is 6.99. The number of hydrogen-bond donors (Lipinski definition) is 2. The molecule has 1 aliphatic rings. The van der Waals surface area contributed by atoms with Crippen molar-refractivity contribution in [2.75, 3.05) is 24.7 Å². The molecule has 1 saturated heterocycles. The Morgan fingerprint density at radius 1 is 1.60 bits per heavy atom. The van der Waals surface area contributed by atoms with E-state index in [1.807, 2.05) is 11.8 Å². The van der Waals surface area contributed by atoms with Gasteiger partial charge in [0.1, 0.15) is 0 Å². The Hall–Kier alpha value is 0.270. The average molecular weight is 161 g/mol. The summed E-state index contributed by atoms with van der Waals surface area (Å²) >= 11 is 2.01. The van der Waals surface area contributed by atoms with E-state index in [2.05, 4.69) is 5.32 Å². The standard InChI is InChI=1S/C7H15NOS/c9-4-1-2-7-6-10-5-3-8-7/h7-9H,1-6H2. The summed E-state index contributed by atoms with van der Waals surface area (Å²) in [5, 5.41) is 12.0. The first kappa shape index (κ1) is 8.37. The number of rotatable bonds is 3. The molecule has 0 bridgehead atoms. The first-order valence-corrected chi connectivity index (χ1v) is 5.01. The molecule has 1 atom stereocenters. The highest BCUT2D eigenvalue weighted by Crippen LogP contribution is 2.10. The molecule has 0 radical (unpaired) electrons. The lowest BCUT2D eigenvalue weighted by molar-refractivity contribution is 0.277. The Kier molecular flexibility index (Phi) is 4.18. The molecule has 0 saturated carbocycles. The maximum Gasteiger partial charge on any atom is 0.0431 e. The SMILES string of the molecule is OCCCC1CSCCN1. The average Bonchev–Trinajstić information content (AvgIpc) is 2.03. The van der Waals surface area contributed by atoms with Gasteiger partial charge in [-0.15, -0.1) is 0 Å². The molecular formula is C7H15NOS. The van der Waals surface area contributed by atoms with Crippen molar-refractivity contribution >= 4 is 11.8 Å². The van der Waals surface area contributed by atoms with Crippen LogP contribution < -0.4 is 5.32 Å². The van der Waals surface area contributed by atoms with Crippen LogP contribution in [0.3, 0.4) is 0 Å². The zero-order chi connectivity index (χ0) is 7.23. The van der Waals surface area contributed by atoms with Crippen LogP contribution in [0.2, 0.25) is 0 Å². The lowest BCUT2D eigenvalue weighted by atomic mass is 10.2. The number of aliphatic hydroxyl groups excluding tert-OH is 1. The monoisotopic (exact) mass is 161 g/mol. The van der Waals surface area contributed by atoms with Crippen LogP contribution in [-0.2, 0) is 0 Å². The predicted octanol–water partition coefficient (Wildman–Crippen LogP) is 0.464. The third-order valence-corrected chi connectivity index (χ3v) is 2.84.